The third-order valence-electron chi connectivity index (χ3n) is 5.30. The van der Waals surface area contributed by atoms with Crippen molar-refractivity contribution in [1.82, 2.24) is 10.2 Å². The SMILES string of the molecule is Cc1ccc(C(=O)N2CC[C@]3(C2)NCc2ccccc2NC3=NC(C)(C)C)s1. The first-order valence-electron chi connectivity index (χ1n) is 9.82. The molecule has 5 nitrogen and oxygen atoms in total. The van der Waals surface area contributed by atoms with E-state index in [1.165, 1.54) is 5.56 Å². The highest BCUT2D eigenvalue weighted by atomic mass is 32.1. The molecular formula is C22H28N4OS. The summed E-state index contributed by atoms with van der Waals surface area (Å²) in [5.74, 6) is 1.05. The molecule has 1 spiro atoms. The van der Waals surface area contributed by atoms with Crippen LogP contribution in [0, 0.1) is 6.92 Å². The molecule has 2 aliphatic rings. The van der Waals surface area contributed by atoms with Crippen LogP contribution in [0.5, 0.6) is 0 Å². The normalized spacial score (nSPS) is 23.6. The van der Waals surface area contributed by atoms with Crippen molar-refractivity contribution in [1.29, 1.82) is 0 Å². The van der Waals surface area contributed by atoms with E-state index in [2.05, 4.69) is 49.6 Å². The monoisotopic (exact) mass is 396 g/mol. The Kier molecular flexibility index (Phi) is 4.79. The molecule has 1 aromatic heterocycles. The Balaban J connectivity index is 1.66. The summed E-state index contributed by atoms with van der Waals surface area (Å²) < 4.78 is 0. The van der Waals surface area contributed by atoms with Crippen LogP contribution in [0.25, 0.3) is 0 Å². The van der Waals surface area contributed by atoms with E-state index in [1.807, 2.05) is 30.0 Å². The lowest BCUT2D eigenvalue weighted by Crippen LogP contribution is -2.56. The van der Waals surface area contributed by atoms with E-state index in [1.54, 1.807) is 11.3 Å². The van der Waals surface area contributed by atoms with Gasteiger partial charge in [-0.05, 0) is 57.9 Å². The van der Waals surface area contributed by atoms with Gasteiger partial charge in [0.15, 0.2) is 0 Å². The maximum Gasteiger partial charge on any atom is 0.264 e. The lowest BCUT2D eigenvalue weighted by atomic mass is 9.95. The predicted molar refractivity (Wildman–Crippen MR) is 116 cm³/mol. The van der Waals surface area contributed by atoms with Crippen molar-refractivity contribution in [3.63, 3.8) is 0 Å². The third kappa shape index (κ3) is 3.71. The molecule has 4 rings (SSSR count). The van der Waals surface area contributed by atoms with Crippen molar-refractivity contribution in [3.05, 3.63) is 51.7 Å². The zero-order valence-electron chi connectivity index (χ0n) is 17.0. The number of nitrogens with one attached hydrogen (secondary N) is 2. The van der Waals surface area contributed by atoms with Gasteiger partial charge in [-0.15, -0.1) is 11.3 Å². The second-order valence-corrected chi connectivity index (χ2v) is 10.0. The zero-order valence-corrected chi connectivity index (χ0v) is 17.8. The molecule has 148 valence electrons. The highest BCUT2D eigenvalue weighted by molar-refractivity contribution is 7.13. The van der Waals surface area contributed by atoms with Gasteiger partial charge in [0, 0.05) is 30.2 Å². The average Bonchev–Trinajstić information content (AvgIpc) is 3.22. The van der Waals surface area contributed by atoms with Gasteiger partial charge in [-0.2, -0.15) is 0 Å². The Morgan fingerprint density at radius 3 is 2.71 bits per heavy atom. The number of thiophene rings is 1. The number of aliphatic imine (C=N–C) groups is 1. The van der Waals surface area contributed by atoms with Crippen molar-refractivity contribution in [2.45, 2.75) is 51.7 Å². The first kappa shape index (κ1) is 19.2. The maximum absolute atomic E-state index is 13.0. The Bertz CT molecular complexity index is 927. The molecule has 2 aliphatic heterocycles. The fourth-order valence-electron chi connectivity index (χ4n) is 3.89. The number of rotatable bonds is 1. The molecule has 0 bridgehead atoms. The molecule has 1 aromatic carbocycles. The summed E-state index contributed by atoms with van der Waals surface area (Å²) in [4.78, 5) is 22.0. The smallest absolute Gasteiger partial charge is 0.264 e. The van der Waals surface area contributed by atoms with Crippen molar-refractivity contribution >= 4 is 28.8 Å². The maximum atomic E-state index is 13.0. The number of carbonyl (C=O) groups excluding carboxylic acids is 1. The fraction of sp³-hybridized carbons (Fsp3) is 0.455. The summed E-state index contributed by atoms with van der Waals surface area (Å²) in [5, 5.41) is 7.35. The van der Waals surface area contributed by atoms with Gasteiger partial charge in [0.2, 0.25) is 0 Å². The lowest BCUT2D eigenvalue weighted by Gasteiger charge is -2.32. The van der Waals surface area contributed by atoms with Gasteiger partial charge >= 0.3 is 0 Å². The topological polar surface area (TPSA) is 56.7 Å². The van der Waals surface area contributed by atoms with E-state index in [0.29, 0.717) is 6.54 Å². The van der Waals surface area contributed by atoms with E-state index in [0.717, 1.165) is 40.8 Å². The van der Waals surface area contributed by atoms with Gasteiger partial charge in [0.1, 0.15) is 5.84 Å². The highest BCUT2D eigenvalue weighted by Gasteiger charge is 2.46. The predicted octanol–water partition coefficient (Wildman–Crippen LogP) is 4.05. The number of anilines is 1. The van der Waals surface area contributed by atoms with Crippen LogP contribution in [0.15, 0.2) is 41.4 Å². The molecule has 3 heterocycles. The van der Waals surface area contributed by atoms with Gasteiger partial charge in [-0.3, -0.25) is 15.1 Å². The number of nitrogens with zero attached hydrogens (tertiary/aromatic N) is 2. The van der Waals surface area contributed by atoms with E-state index in [4.69, 9.17) is 4.99 Å². The molecule has 6 heteroatoms. The van der Waals surface area contributed by atoms with E-state index < -0.39 is 0 Å². The first-order valence-corrected chi connectivity index (χ1v) is 10.6. The van der Waals surface area contributed by atoms with Crippen LogP contribution in [-0.2, 0) is 6.54 Å². The number of fused-ring (bicyclic) bond motifs is 1. The molecule has 2 N–H and O–H groups in total. The molecule has 0 aliphatic carbocycles. The van der Waals surface area contributed by atoms with E-state index in [-0.39, 0.29) is 17.0 Å². The summed E-state index contributed by atoms with van der Waals surface area (Å²) in [6, 6.07) is 12.3. The second kappa shape index (κ2) is 7.01. The van der Waals surface area contributed by atoms with Crippen LogP contribution >= 0.6 is 11.3 Å². The van der Waals surface area contributed by atoms with Gasteiger partial charge in [-0.1, -0.05) is 18.2 Å². The highest BCUT2D eigenvalue weighted by Crippen LogP contribution is 2.32. The Morgan fingerprint density at radius 2 is 2.00 bits per heavy atom. The molecule has 1 fully saturated rings. The zero-order chi connectivity index (χ0) is 19.9. The van der Waals surface area contributed by atoms with Crippen LogP contribution in [-0.4, -0.2) is 40.8 Å². The number of hydrogen-bond acceptors (Lipinski definition) is 4. The van der Waals surface area contributed by atoms with Crippen LogP contribution in [0.4, 0.5) is 5.69 Å². The molecule has 2 aromatic rings. The molecule has 1 amide bonds. The lowest BCUT2D eigenvalue weighted by molar-refractivity contribution is 0.0790. The number of amides is 1. The third-order valence-corrected chi connectivity index (χ3v) is 6.28. The van der Waals surface area contributed by atoms with E-state index in [9.17, 15) is 4.79 Å². The molecule has 1 atom stereocenters. The first-order chi connectivity index (χ1) is 13.3. The van der Waals surface area contributed by atoms with Gasteiger partial charge in [0.05, 0.1) is 16.0 Å². The summed E-state index contributed by atoms with van der Waals surface area (Å²) in [5.41, 5.74) is 1.75. The number of amidine groups is 1. The largest absolute Gasteiger partial charge is 0.342 e. The van der Waals surface area contributed by atoms with Gasteiger partial charge in [0.25, 0.3) is 5.91 Å². The summed E-state index contributed by atoms with van der Waals surface area (Å²) in [7, 11) is 0. The molecule has 0 unspecified atom stereocenters. The number of hydrogen-bond donors (Lipinski definition) is 2. The summed E-state index contributed by atoms with van der Waals surface area (Å²) in [6.45, 7) is 10.5. The Morgan fingerprint density at radius 1 is 1.21 bits per heavy atom. The Hall–Kier alpha value is -2.18. The number of benzene rings is 1. The molecular weight excluding hydrogens is 368 g/mol. The van der Waals surface area contributed by atoms with Crippen molar-refractivity contribution in [3.8, 4) is 0 Å². The van der Waals surface area contributed by atoms with Crippen molar-refractivity contribution in [2.75, 3.05) is 18.4 Å². The number of para-hydroxylation sites is 1. The van der Waals surface area contributed by atoms with Gasteiger partial charge in [-0.25, -0.2) is 0 Å². The second-order valence-electron chi connectivity index (χ2n) is 8.74. The molecule has 28 heavy (non-hydrogen) atoms. The summed E-state index contributed by atoms with van der Waals surface area (Å²) in [6.07, 6.45) is 0.846. The summed E-state index contributed by atoms with van der Waals surface area (Å²) >= 11 is 1.57. The number of carbonyl (C=O) groups is 1. The molecule has 0 saturated carbocycles. The molecule has 0 radical (unpaired) electrons. The number of aryl methyl sites for hydroxylation is 1. The van der Waals surface area contributed by atoms with Crippen molar-refractivity contribution in [2.24, 2.45) is 4.99 Å². The van der Waals surface area contributed by atoms with Crippen LogP contribution in [0.3, 0.4) is 0 Å². The quantitative estimate of drug-likeness (QED) is 0.764. The minimum absolute atomic E-state index is 0.119. The minimum atomic E-state index is -0.353. The van der Waals surface area contributed by atoms with Gasteiger partial charge < -0.3 is 10.2 Å². The van der Waals surface area contributed by atoms with Crippen LogP contribution < -0.4 is 10.6 Å². The van der Waals surface area contributed by atoms with Crippen LogP contribution in [0.1, 0.15) is 47.3 Å². The minimum Gasteiger partial charge on any atom is -0.342 e. The molecule has 1 saturated heterocycles. The van der Waals surface area contributed by atoms with E-state index >= 15 is 0 Å². The standard InChI is InChI=1S/C22H28N4OS/c1-15-9-10-18(28-15)19(27)26-12-11-22(14-26)20(25-21(2,3)4)24-17-8-6-5-7-16(17)13-23-22/h5-10,23H,11-14H2,1-4H3,(H,24,25)/t22-/m1/s1. The number of likely N-dealkylation sites (tertiary alicyclic amines) is 1. The Labute approximate surface area is 170 Å². The van der Waals surface area contributed by atoms with Crippen LogP contribution in [0.2, 0.25) is 0 Å². The van der Waals surface area contributed by atoms with Crippen molar-refractivity contribution < 1.29 is 4.79 Å². The average molecular weight is 397 g/mol. The fourth-order valence-corrected chi connectivity index (χ4v) is 4.72.